The summed E-state index contributed by atoms with van der Waals surface area (Å²) in [4.78, 5) is 25.7. The highest BCUT2D eigenvalue weighted by atomic mass is 35.5. The van der Waals surface area contributed by atoms with Crippen molar-refractivity contribution in [2.75, 3.05) is 18.4 Å². The third-order valence-electron chi connectivity index (χ3n) is 3.79. The topological polar surface area (TPSA) is 87.5 Å². The molecule has 0 saturated carbocycles. The molecule has 1 aromatic carbocycles. The zero-order chi connectivity index (χ0) is 16.8. The van der Waals surface area contributed by atoms with E-state index in [-0.39, 0.29) is 42.2 Å². The number of anilines is 1. The number of halogens is 2. The number of carbonyl (C=O) groups excluding carboxylic acids is 2. The molecule has 3 amide bonds. The SMILES string of the molecule is CC(N)CCC(=O)N1CCC(NC(=O)Nc2ccc(F)cc2)C1.Cl. The molecule has 8 heteroatoms. The Morgan fingerprint density at radius 3 is 2.67 bits per heavy atom. The predicted octanol–water partition coefficient (Wildman–Crippen LogP) is 2.10. The number of nitrogens with two attached hydrogens (primary N) is 1. The summed E-state index contributed by atoms with van der Waals surface area (Å²) >= 11 is 0. The zero-order valence-electron chi connectivity index (χ0n) is 13.6. The number of hydrogen-bond donors (Lipinski definition) is 3. The molecule has 1 aliphatic heterocycles. The summed E-state index contributed by atoms with van der Waals surface area (Å²) in [5, 5.41) is 5.47. The third-order valence-corrected chi connectivity index (χ3v) is 3.79. The van der Waals surface area contributed by atoms with E-state index in [1.807, 2.05) is 6.92 Å². The Bertz CT molecular complexity index is 554. The molecule has 6 nitrogen and oxygen atoms in total. The van der Waals surface area contributed by atoms with Gasteiger partial charge in [-0.15, -0.1) is 12.4 Å². The Labute approximate surface area is 147 Å². The van der Waals surface area contributed by atoms with Gasteiger partial charge in [0.25, 0.3) is 0 Å². The van der Waals surface area contributed by atoms with Crippen LogP contribution in [0, 0.1) is 5.82 Å². The number of nitrogens with one attached hydrogen (secondary N) is 2. The van der Waals surface area contributed by atoms with Gasteiger partial charge >= 0.3 is 6.03 Å². The van der Waals surface area contributed by atoms with Gasteiger partial charge in [-0.3, -0.25) is 4.79 Å². The Morgan fingerprint density at radius 1 is 1.38 bits per heavy atom. The fourth-order valence-corrected chi connectivity index (χ4v) is 2.50. The third kappa shape index (κ3) is 6.33. The van der Waals surface area contributed by atoms with Crippen molar-refractivity contribution in [3.63, 3.8) is 0 Å². The molecule has 1 saturated heterocycles. The Hall–Kier alpha value is -1.86. The molecule has 0 spiro atoms. The number of amides is 3. The Balaban J connectivity index is 0.00000288. The molecule has 1 aromatic rings. The molecular weight excluding hydrogens is 335 g/mol. The van der Waals surface area contributed by atoms with Crippen LogP contribution in [-0.2, 0) is 4.79 Å². The quantitative estimate of drug-likeness (QED) is 0.753. The number of benzene rings is 1. The molecular formula is C16H24ClFN4O2. The van der Waals surface area contributed by atoms with Crippen LogP contribution in [0.5, 0.6) is 0 Å². The second-order valence-electron chi connectivity index (χ2n) is 5.95. The number of urea groups is 1. The number of carbonyl (C=O) groups is 2. The van der Waals surface area contributed by atoms with E-state index in [1.165, 1.54) is 24.3 Å². The normalized spacial score (nSPS) is 17.8. The lowest BCUT2D eigenvalue weighted by Crippen LogP contribution is -2.40. The van der Waals surface area contributed by atoms with Crippen LogP contribution < -0.4 is 16.4 Å². The molecule has 1 heterocycles. The van der Waals surface area contributed by atoms with Gasteiger partial charge in [0, 0.05) is 37.3 Å². The van der Waals surface area contributed by atoms with Gasteiger partial charge in [0.2, 0.25) is 5.91 Å². The molecule has 4 N–H and O–H groups in total. The van der Waals surface area contributed by atoms with Gasteiger partial charge < -0.3 is 21.3 Å². The van der Waals surface area contributed by atoms with E-state index >= 15 is 0 Å². The maximum atomic E-state index is 12.8. The monoisotopic (exact) mass is 358 g/mol. The first-order valence-electron chi connectivity index (χ1n) is 7.80. The van der Waals surface area contributed by atoms with Gasteiger partial charge in [0.05, 0.1) is 0 Å². The number of hydrogen-bond acceptors (Lipinski definition) is 3. The van der Waals surface area contributed by atoms with Crippen molar-refractivity contribution >= 4 is 30.0 Å². The molecule has 134 valence electrons. The first-order valence-corrected chi connectivity index (χ1v) is 7.80. The van der Waals surface area contributed by atoms with Crippen molar-refractivity contribution in [3.8, 4) is 0 Å². The Kier molecular flexibility index (Phi) is 7.94. The van der Waals surface area contributed by atoms with E-state index in [1.54, 1.807) is 4.90 Å². The smallest absolute Gasteiger partial charge is 0.319 e. The summed E-state index contributed by atoms with van der Waals surface area (Å²) in [7, 11) is 0. The lowest BCUT2D eigenvalue weighted by molar-refractivity contribution is -0.130. The van der Waals surface area contributed by atoms with E-state index in [9.17, 15) is 14.0 Å². The molecule has 0 bridgehead atoms. The van der Waals surface area contributed by atoms with Crippen LogP contribution in [0.4, 0.5) is 14.9 Å². The van der Waals surface area contributed by atoms with Gasteiger partial charge in [-0.25, -0.2) is 9.18 Å². The molecule has 0 aliphatic carbocycles. The average molecular weight is 359 g/mol. The molecule has 24 heavy (non-hydrogen) atoms. The van der Waals surface area contributed by atoms with Crippen molar-refractivity contribution in [2.45, 2.75) is 38.3 Å². The summed E-state index contributed by atoms with van der Waals surface area (Å²) in [5.74, 6) is -0.279. The minimum absolute atomic E-state index is 0. The maximum Gasteiger partial charge on any atom is 0.319 e. The summed E-state index contributed by atoms with van der Waals surface area (Å²) in [5.41, 5.74) is 6.18. The van der Waals surface area contributed by atoms with E-state index in [4.69, 9.17) is 5.73 Å². The lowest BCUT2D eigenvalue weighted by atomic mass is 10.2. The first kappa shape index (κ1) is 20.2. The highest BCUT2D eigenvalue weighted by molar-refractivity contribution is 5.89. The van der Waals surface area contributed by atoms with Crippen LogP contribution in [0.1, 0.15) is 26.2 Å². The van der Waals surface area contributed by atoms with E-state index < -0.39 is 0 Å². The summed E-state index contributed by atoms with van der Waals surface area (Å²) in [6, 6.07) is 5.13. The summed E-state index contributed by atoms with van der Waals surface area (Å²) in [6.45, 7) is 3.02. The zero-order valence-corrected chi connectivity index (χ0v) is 14.4. The molecule has 2 unspecified atom stereocenters. The van der Waals surface area contributed by atoms with E-state index in [0.717, 1.165) is 6.42 Å². The van der Waals surface area contributed by atoms with Gasteiger partial charge in [-0.1, -0.05) is 0 Å². The van der Waals surface area contributed by atoms with Crippen molar-refractivity contribution in [3.05, 3.63) is 30.1 Å². The number of nitrogens with zero attached hydrogens (tertiary/aromatic N) is 1. The highest BCUT2D eigenvalue weighted by Crippen LogP contribution is 2.13. The van der Waals surface area contributed by atoms with Gasteiger partial charge in [-0.2, -0.15) is 0 Å². The average Bonchev–Trinajstić information content (AvgIpc) is 2.95. The first-order chi connectivity index (χ1) is 10.9. The van der Waals surface area contributed by atoms with Crippen LogP contribution in [0.25, 0.3) is 0 Å². The largest absolute Gasteiger partial charge is 0.341 e. The Morgan fingerprint density at radius 2 is 2.04 bits per heavy atom. The van der Waals surface area contributed by atoms with Crippen LogP contribution in [-0.4, -0.2) is 42.0 Å². The number of rotatable bonds is 5. The van der Waals surface area contributed by atoms with Crippen LogP contribution >= 0.6 is 12.4 Å². The van der Waals surface area contributed by atoms with Crippen molar-refractivity contribution in [1.29, 1.82) is 0 Å². The highest BCUT2D eigenvalue weighted by Gasteiger charge is 2.27. The van der Waals surface area contributed by atoms with Crippen molar-refractivity contribution < 1.29 is 14.0 Å². The number of likely N-dealkylation sites (tertiary alicyclic amines) is 1. The van der Waals surface area contributed by atoms with Crippen molar-refractivity contribution in [1.82, 2.24) is 10.2 Å². The minimum atomic E-state index is -0.355. The second kappa shape index (κ2) is 9.44. The lowest BCUT2D eigenvalue weighted by Gasteiger charge is -2.18. The predicted molar refractivity (Wildman–Crippen MR) is 93.7 cm³/mol. The summed E-state index contributed by atoms with van der Waals surface area (Å²) in [6.07, 6.45) is 1.82. The standard InChI is InChI=1S/C16H23FN4O2.ClH/c1-11(18)2-7-15(22)21-9-8-14(10-21)20-16(23)19-13-5-3-12(17)4-6-13;/h3-6,11,14H,2,7-10,18H2,1H3,(H2,19,20,23);1H. The van der Waals surface area contributed by atoms with Gasteiger partial charge in [0.1, 0.15) is 5.82 Å². The minimum Gasteiger partial charge on any atom is -0.341 e. The molecule has 2 atom stereocenters. The molecule has 0 aromatic heterocycles. The van der Waals surface area contributed by atoms with Crippen molar-refractivity contribution in [2.24, 2.45) is 5.73 Å². The molecule has 1 aliphatic rings. The van der Waals surface area contributed by atoms with Crippen LogP contribution in [0.2, 0.25) is 0 Å². The van der Waals surface area contributed by atoms with Gasteiger partial charge in [-0.05, 0) is 44.0 Å². The molecule has 1 fully saturated rings. The van der Waals surface area contributed by atoms with Crippen LogP contribution in [0.3, 0.4) is 0 Å². The molecule has 0 radical (unpaired) electrons. The fourth-order valence-electron chi connectivity index (χ4n) is 2.50. The van der Waals surface area contributed by atoms with E-state index in [2.05, 4.69) is 10.6 Å². The summed E-state index contributed by atoms with van der Waals surface area (Å²) < 4.78 is 12.8. The van der Waals surface area contributed by atoms with E-state index in [0.29, 0.717) is 31.6 Å². The maximum absolute atomic E-state index is 12.8. The second-order valence-corrected chi connectivity index (χ2v) is 5.95. The van der Waals surface area contributed by atoms with Crippen LogP contribution in [0.15, 0.2) is 24.3 Å². The van der Waals surface area contributed by atoms with Gasteiger partial charge in [0.15, 0.2) is 0 Å². The molecule has 2 rings (SSSR count). The fraction of sp³-hybridized carbons (Fsp3) is 0.500.